The van der Waals surface area contributed by atoms with Gasteiger partial charge in [0.25, 0.3) is 0 Å². The summed E-state index contributed by atoms with van der Waals surface area (Å²) in [4.78, 5) is 0. The summed E-state index contributed by atoms with van der Waals surface area (Å²) in [5.41, 5.74) is 0.641. The normalized spacial score (nSPS) is 21.5. The van der Waals surface area contributed by atoms with E-state index in [9.17, 15) is 8.42 Å². The van der Waals surface area contributed by atoms with E-state index in [-0.39, 0.29) is 11.6 Å². The number of para-hydroxylation sites is 1. The highest BCUT2D eigenvalue weighted by Gasteiger charge is 2.39. The molecule has 1 atom stereocenters. The third-order valence-electron chi connectivity index (χ3n) is 3.84. The SMILES string of the molecule is CCC1(CC)C[C@@H](NS(C)(=O)=O)c2ccccc2O1. The van der Waals surface area contributed by atoms with Gasteiger partial charge in [-0.05, 0) is 18.9 Å². The van der Waals surface area contributed by atoms with Crippen LogP contribution in [0.15, 0.2) is 24.3 Å². The first-order valence-electron chi connectivity index (χ1n) is 6.64. The van der Waals surface area contributed by atoms with Crippen LogP contribution in [0.5, 0.6) is 5.75 Å². The Morgan fingerprint density at radius 3 is 2.53 bits per heavy atom. The van der Waals surface area contributed by atoms with Crippen molar-refractivity contribution in [2.24, 2.45) is 0 Å². The monoisotopic (exact) mass is 283 g/mol. The van der Waals surface area contributed by atoms with Crippen LogP contribution in [0.2, 0.25) is 0 Å². The van der Waals surface area contributed by atoms with Crippen molar-refractivity contribution in [1.82, 2.24) is 4.72 Å². The van der Waals surface area contributed by atoms with Crippen LogP contribution in [0.1, 0.15) is 44.7 Å². The van der Waals surface area contributed by atoms with E-state index in [1.807, 2.05) is 24.3 Å². The molecular weight excluding hydrogens is 262 g/mol. The molecule has 0 spiro atoms. The Balaban J connectivity index is 2.42. The molecular formula is C14H21NO3S. The maximum absolute atomic E-state index is 11.5. The summed E-state index contributed by atoms with van der Waals surface area (Å²) >= 11 is 0. The van der Waals surface area contributed by atoms with Gasteiger partial charge in [-0.3, -0.25) is 0 Å². The number of fused-ring (bicyclic) bond motifs is 1. The van der Waals surface area contributed by atoms with Crippen LogP contribution in [-0.4, -0.2) is 20.3 Å². The minimum absolute atomic E-state index is 0.208. The van der Waals surface area contributed by atoms with Gasteiger partial charge in [0, 0.05) is 12.0 Å². The van der Waals surface area contributed by atoms with E-state index in [0.29, 0.717) is 6.42 Å². The fraction of sp³-hybridized carbons (Fsp3) is 0.571. The van der Waals surface area contributed by atoms with Crippen molar-refractivity contribution in [1.29, 1.82) is 0 Å². The summed E-state index contributed by atoms with van der Waals surface area (Å²) in [5, 5.41) is 0. The van der Waals surface area contributed by atoms with E-state index in [1.54, 1.807) is 0 Å². The summed E-state index contributed by atoms with van der Waals surface area (Å²) in [7, 11) is -3.24. The lowest BCUT2D eigenvalue weighted by atomic mass is 9.84. The highest BCUT2D eigenvalue weighted by Crippen LogP contribution is 2.42. The number of hydrogen-bond acceptors (Lipinski definition) is 3. The number of hydrogen-bond donors (Lipinski definition) is 1. The van der Waals surface area contributed by atoms with Crippen LogP contribution in [0.4, 0.5) is 0 Å². The summed E-state index contributed by atoms with van der Waals surface area (Å²) in [5.74, 6) is 0.790. The quantitative estimate of drug-likeness (QED) is 0.924. The highest BCUT2D eigenvalue weighted by molar-refractivity contribution is 7.88. The Morgan fingerprint density at radius 1 is 1.32 bits per heavy atom. The van der Waals surface area contributed by atoms with Crippen molar-refractivity contribution in [3.05, 3.63) is 29.8 Å². The molecule has 1 heterocycles. The molecule has 0 amide bonds. The van der Waals surface area contributed by atoms with E-state index in [1.165, 1.54) is 6.26 Å². The standard InChI is InChI=1S/C14H21NO3S/c1-4-14(5-2)10-12(15-19(3,16)17)11-8-6-7-9-13(11)18-14/h6-9,12,15H,4-5,10H2,1-3H3/t12-/m1/s1. The Bertz CT molecular complexity index is 550. The van der Waals surface area contributed by atoms with Gasteiger partial charge in [0.05, 0.1) is 12.3 Å². The molecule has 0 saturated carbocycles. The summed E-state index contributed by atoms with van der Waals surface area (Å²) < 4.78 is 31.9. The Kier molecular flexibility index (Phi) is 3.87. The first kappa shape index (κ1) is 14.3. The number of benzene rings is 1. The average molecular weight is 283 g/mol. The van der Waals surface area contributed by atoms with Crippen molar-refractivity contribution in [2.75, 3.05) is 6.26 Å². The molecule has 1 aromatic carbocycles. The van der Waals surface area contributed by atoms with Crippen molar-refractivity contribution < 1.29 is 13.2 Å². The molecule has 0 saturated heterocycles. The van der Waals surface area contributed by atoms with Gasteiger partial charge in [-0.15, -0.1) is 0 Å². The Labute approximate surface area is 115 Å². The largest absolute Gasteiger partial charge is 0.487 e. The van der Waals surface area contributed by atoms with Crippen molar-refractivity contribution in [3.8, 4) is 5.75 Å². The fourth-order valence-electron chi connectivity index (χ4n) is 2.66. The van der Waals surface area contributed by atoms with E-state index >= 15 is 0 Å². The highest BCUT2D eigenvalue weighted by atomic mass is 32.2. The Hall–Kier alpha value is -1.07. The maximum atomic E-state index is 11.5. The third kappa shape index (κ3) is 3.09. The molecule has 1 aliphatic heterocycles. The first-order chi connectivity index (χ1) is 8.89. The zero-order chi connectivity index (χ0) is 14.1. The van der Waals surface area contributed by atoms with Gasteiger partial charge in [0.2, 0.25) is 10.0 Å². The maximum Gasteiger partial charge on any atom is 0.209 e. The molecule has 0 aromatic heterocycles. The third-order valence-corrected chi connectivity index (χ3v) is 4.55. The number of sulfonamides is 1. The second-order valence-corrected chi connectivity index (χ2v) is 6.96. The number of ether oxygens (including phenoxy) is 1. The van der Waals surface area contributed by atoms with Gasteiger partial charge in [-0.25, -0.2) is 13.1 Å². The molecule has 1 aliphatic rings. The van der Waals surface area contributed by atoms with Gasteiger partial charge in [0.15, 0.2) is 0 Å². The summed E-state index contributed by atoms with van der Waals surface area (Å²) in [6.07, 6.45) is 3.59. The summed E-state index contributed by atoms with van der Waals surface area (Å²) in [6, 6.07) is 7.45. The van der Waals surface area contributed by atoms with E-state index in [0.717, 1.165) is 24.2 Å². The van der Waals surface area contributed by atoms with Gasteiger partial charge in [0.1, 0.15) is 11.4 Å². The van der Waals surface area contributed by atoms with Crippen molar-refractivity contribution in [2.45, 2.75) is 44.8 Å². The molecule has 4 nitrogen and oxygen atoms in total. The van der Waals surface area contributed by atoms with Crippen LogP contribution in [0.3, 0.4) is 0 Å². The van der Waals surface area contributed by atoms with E-state index in [4.69, 9.17) is 4.74 Å². The number of nitrogens with one attached hydrogen (secondary N) is 1. The topological polar surface area (TPSA) is 55.4 Å². The predicted molar refractivity (Wildman–Crippen MR) is 75.7 cm³/mol. The predicted octanol–water partition coefficient (Wildman–Crippen LogP) is 2.62. The lowest BCUT2D eigenvalue weighted by Crippen LogP contribution is -2.44. The van der Waals surface area contributed by atoms with Gasteiger partial charge >= 0.3 is 0 Å². The lowest BCUT2D eigenvalue weighted by Gasteiger charge is -2.41. The summed E-state index contributed by atoms with van der Waals surface area (Å²) in [6.45, 7) is 4.16. The van der Waals surface area contributed by atoms with Gasteiger partial charge in [-0.2, -0.15) is 0 Å². The molecule has 1 N–H and O–H groups in total. The number of rotatable bonds is 4. The molecule has 0 radical (unpaired) electrons. The molecule has 2 rings (SSSR count). The molecule has 5 heteroatoms. The van der Waals surface area contributed by atoms with Crippen LogP contribution in [0.25, 0.3) is 0 Å². The molecule has 1 aromatic rings. The molecule has 0 fully saturated rings. The van der Waals surface area contributed by atoms with Crippen molar-refractivity contribution in [3.63, 3.8) is 0 Å². The second-order valence-electron chi connectivity index (χ2n) is 5.18. The minimum atomic E-state index is -3.24. The lowest BCUT2D eigenvalue weighted by molar-refractivity contribution is 0.0261. The molecule has 0 bridgehead atoms. The zero-order valence-electron chi connectivity index (χ0n) is 11.6. The smallest absolute Gasteiger partial charge is 0.209 e. The average Bonchev–Trinajstić information content (AvgIpc) is 2.36. The van der Waals surface area contributed by atoms with Crippen LogP contribution in [-0.2, 0) is 10.0 Å². The van der Waals surface area contributed by atoms with Crippen LogP contribution in [0, 0.1) is 0 Å². The van der Waals surface area contributed by atoms with Gasteiger partial charge < -0.3 is 4.74 Å². The minimum Gasteiger partial charge on any atom is -0.487 e. The van der Waals surface area contributed by atoms with E-state index < -0.39 is 10.0 Å². The zero-order valence-corrected chi connectivity index (χ0v) is 12.5. The van der Waals surface area contributed by atoms with Crippen molar-refractivity contribution >= 4 is 10.0 Å². The van der Waals surface area contributed by atoms with Crippen LogP contribution >= 0.6 is 0 Å². The van der Waals surface area contributed by atoms with Crippen LogP contribution < -0.4 is 9.46 Å². The molecule has 19 heavy (non-hydrogen) atoms. The van der Waals surface area contributed by atoms with Gasteiger partial charge in [-0.1, -0.05) is 32.0 Å². The molecule has 106 valence electrons. The molecule has 0 unspecified atom stereocenters. The molecule has 0 aliphatic carbocycles. The van der Waals surface area contributed by atoms with E-state index in [2.05, 4.69) is 18.6 Å². The Morgan fingerprint density at radius 2 is 1.95 bits per heavy atom. The fourth-order valence-corrected chi connectivity index (χ4v) is 3.39. The first-order valence-corrected chi connectivity index (χ1v) is 8.53. The second kappa shape index (κ2) is 5.13.